The predicted molar refractivity (Wildman–Crippen MR) is 103 cm³/mol. The van der Waals surface area contributed by atoms with Crippen LogP contribution < -0.4 is 19.5 Å². The highest BCUT2D eigenvalue weighted by molar-refractivity contribution is 5.85. The van der Waals surface area contributed by atoms with E-state index in [4.69, 9.17) is 14.2 Å². The van der Waals surface area contributed by atoms with Crippen molar-refractivity contribution in [2.45, 2.75) is 12.6 Å². The summed E-state index contributed by atoms with van der Waals surface area (Å²) in [5.74, 6) is 3.05. The Bertz CT molecular complexity index is 697. The summed E-state index contributed by atoms with van der Waals surface area (Å²) in [6, 6.07) is 4.26. The molecule has 2 heterocycles. The SMILES string of the molecule is COc1cc(CN2CCNCC2c2nccn2C)cc(OC)c1OC.Cl. The summed E-state index contributed by atoms with van der Waals surface area (Å²) in [7, 11) is 6.94. The number of nitrogens with one attached hydrogen (secondary N) is 1. The van der Waals surface area contributed by atoms with E-state index in [0.717, 1.165) is 37.6 Å². The largest absolute Gasteiger partial charge is 0.493 e. The lowest BCUT2D eigenvalue weighted by Gasteiger charge is -2.35. The molecule has 0 amide bonds. The number of halogens is 1. The van der Waals surface area contributed by atoms with Crippen molar-refractivity contribution in [1.82, 2.24) is 19.8 Å². The molecule has 7 nitrogen and oxygen atoms in total. The lowest BCUT2D eigenvalue weighted by Crippen LogP contribution is -2.46. The summed E-state index contributed by atoms with van der Waals surface area (Å²) in [4.78, 5) is 6.97. The summed E-state index contributed by atoms with van der Waals surface area (Å²) in [6.07, 6.45) is 3.84. The Labute approximate surface area is 160 Å². The zero-order valence-electron chi connectivity index (χ0n) is 15.7. The standard InChI is InChI=1S/C18H26N4O3.ClH/c1-21-7-6-20-18(21)14-11-19-5-8-22(14)12-13-9-15(23-2)17(25-4)16(10-13)24-3;/h6-7,9-10,14,19H,5,8,11-12H2,1-4H3;1H. The van der Waals surface area contributed by atoms with E-state index in [1.807, 2.05) is 31.6 Å². The van der Waals surface area contributed by atoms with Crippen molar-refractivity contribution in [2.24, 2.45) is 7.05 Å². The smallest absolute Gasteiger partial charge is 0.203 e. The summed E-state index contributed by atoms with van der Waals surface area (Å²) in [6.45, 7) is 3.59. The summed E-state index contributed by atoms with van der Waals surface area (Å²) < 4.78 is 18.4. The molecule has 0 radical (unpaired) electrons. The Hall–Kier alpha value is -1.96. The van der Waals surface area contributed by atoms with Crippen molar-refractivity contribution in [3.8, 4) is 17.2 Å². The summed E-state index contributed by atoms with van der Waals surface area (Å²) >= 11 is 0. The minimum atomic E-state index is 0. The minimum Gasteiger partial charge on any atom is -0.493 e. The van der Waals surface area contributed by atoms with Crippen LogP contribution in [0.15, 0.2) is 24.5 Å². The number of methoxy groups -OCH3 is 3. The van der Waals surface area contributed by atoms with Crippen LogP contribution in [0, 0.1) is 0 Å². The Balaban J connectivity index is 0.00000243. The van der Waals surface area contributed by atoms with E-state index in [1.54, 1.807) is 21.3 Å². The Morgan fingerprint density at radius 3 is 2.38 bits per heavy atom. The molecule has 144 valence electrons. The molecule has 2 aromatic rings. The first-order valence-corrected chi connectivity index (χ1v) is 8.38. The van der Waals surface area contributed by atoms with E-state index in [1.165, 1.54) is 0 Å². The van der Waals surface area contributed by atoms with Gasteiger partial charge in [0.25, 0.3) is 0 Å². The molecule has 1 saturated heterocycles. The first-order valence-electron chi connectivity index (χ1n) is 8.38. The monoisotopic (exact) mass is 382 g/mol. The number of rotatable bonds is 6. The predicted octanol–water partition coefficient (Wildman–Crippen LogP) is 2.01. The number of piperazine rings is 1. The van der Waals surface area contributed by atoms with Gasteiger partial charge in [0, 0.05) is 45.6 Å². The highest BCUT2D eigenvalue weighted by Crippen LogP contribution is 2.39. The van der Waals surface area contributed by atoms with Crippen molar-refractivity contribution < 1.29 is 14.2 Å². The van der Waals surface area contributed by atoms with Crippen LogP contribution in [-0.2, 0) is 13.6 Å². The van der Waals surface area contributed by atoms with Crippen molar-refractivity contribution in [1.29, 1.82) is 0 Å². The molecule has 3 rings (SSSR count). The maximum absolute atomic E-state index is 5.47. The lowest BCUT2D eigenvalue weighted by atomic mass is 10.1. The Morgan fingerprint density at radius 1 is 1.15 bits per heavy atom. The quantitative estimate of drug-likeness (QED) is 0.824. The van der Waals surface area contributed by atoms with Gasteiger partial charge in [-0.1, -0.05) is 0 Å². The third-order valence-corrected chi connectivity index (χ3v) is 4.62. The zero-order valence-corrected chi connectivity index (χ0v) is 16.5. The van der Waals surface area contributed by atoms with Gasteiger partial charge in [-0.05, 0) is 17.7 Å². The molecule has 1 aliphatic rings. The first-order chi connectivity index (χ1) is 12.2. The molecule has 0 bridgehead atoms. The summed E-state index contributed by atoms with van der Waals surface area (Å²) in [5.41, 5.74) is 1.12. The van der Waals surface area contributed by atoms with Crippen molar-refractivity contribution in [3.63, 3.8) is 0 Å². The molecule has 0 spiro atoms. The van der Waals surface area contributed by atoms with E-state index < -0.39 is 0 Å². The number of ether oxygens (including phenoxy) is 3. The minimum absolute atomic E-state index is 0. The second-order valence-corrected chi connectivity index (χ2v) is 6.12. The second kappa shape index (κ2) is 9.12. The van der Waals surface area contributed by atoms with Gasteiger partial charge in [-0.3, -0.25) is 4.90 Å². The molecule has 0 aliphatic carbocycles. The fourth-order valence-electron chi connectivity index (χ4n) is 3.35. The number of nitrogens with zero attached hydrogens (tertiary/aromatic N) is 3. The number of hydrogen-bond donors (Lipinski definition) is 1. The van der Waals surface area contributed by atoms with Gasteiger partial charge in [-0.2, -0.15) is 0 Å². The van der Waals surface area contributed by atoms with Gasteiger partial charge in [0.2, 0.25) is 5.75 Å². The van der Waals surface area contributed by atoms with Crippen LogP contribution >= 0.6 is 12.4 Å². The molecule has 1 atom stereocenters. The first kappa shape index (κ1) is 20.4. The molecule has 1 N–H and O–H groups in total. The zero-order chi connectivity index (χ0) is 17.8. The van der Waals surface area contributed by atoms with E-state index in [-0.39, 0.29) is 18.4 Å². The number of imidazole rings is 1. The van der Waals surface area contributed by atoms with Crippen molar-refractivity contribution in [2.75, 3.05) is 41.0 Å². The molecule has 0 saturated carbocycles. The Kier molecular flexibility index (Phi) is 7.14. The van der Waals surface area contributed by atoms with Crippen LogP contribution in [0.4, 0.5) is 0 Å². The number of hydrogen-bond acceptors (Lipinski definition) is 6. The third-order valence-electron chi connectivity index (χ3n) is 4.62. The third kappa shape index (κ3) is 4.06. The molecule has 1 aromatic carbocycles. The van der Waals surface area contributed by atoms with Crippen molar-refractivity contribution >= 4 is 12.4 Å². The lowest BCUT2D eigenvalue weighted by molar-refractivity contribution is 0.144. The van der Waals surface area contributed by atoms with E-state index in [2.05, 4.69) is 19.8 Å². The van der Waals surface area contributed by atoms with Crippen LogP contribution in [0.3, 0.4) is 0 Å². The number of aryl methyl sites for hydroxylation is 1. The van der Waals surface area contributed by atoms with Gasteiger partial charge in [0.15, 0.2) is 11.5 Å². The molecule has 1 aromatic heterocycles. The average Bonchev–Trinajstić information content (AvgIpc) is 3.07. The number of aromatic nitrogens is 2. The van der Waals surface area contributed by atoms with Gasteiger partial charge in [0.1, 0.15) is 5.82 Å². The van der Waals surface area contributed by atoms with Crippen LogP contribution in [-0.4, -0.2) is 55.4 Å². The molecular formula is C18H27ClN4O3. The van der Waals surface area contributed by atoms with E-state index in [0.29, 0.717) is 17.2 Å². The Morgan fingerprint density at radius 2 is 1.85 bits per heavy atom. The highest BCUT2D eigenvalue weighted by Gasteiger charge is 2.27. The topological polar surface area (TPSA) is 60.8 Å². The van der Waals surface area contributed by atoms with E-state index in [9.17, 15) is 0 Å². The van der Waals surface area contributed by atoms with Crippen LogP contribution in [0.25, 0.3) is 0 Å². The van der Waals surface area contributed by atoms with E-state index >= 15 is 0 Å². The van der Waals surface area contributed by atoms with Crippen molar-refractivity contribution in [3.05, 3.63) is 35.9 Å². The molecule has 1 fully saturated rings. The van der Waals surface area contributed by atoms with Crippen LogP contribution in [0.2, 0.25) is 0 Å². The second-order valence-electron chi connectivity index (χ2n) is 6.12. The molecule has 1 aliphatic heterocycles. The molecule has 1 unspecified atom stereocenters. The molecule has 8 heteroatoms. The van der Waals surface area contributed by atoms with Crippen LogP contribution in [0.5, 0.6) is 17.2 Å². The number of benzene rings is 1. The fraction of sp³-hybridized carbons (Fsp3) is 0.500. The van der Waals surface area contributed by atoms with Gasteiger partial charge < -0.3 is 24.1 Å². The fourth-order valence-corrected chi connectivity index (χ4v) is 3.35. The van der Waals surface area contributed by atoms with Crippen LogP contribution in [0.1, 0.15) is 17.4 Å². The van der Waals surface area contributed by atoms with Gasteiger partial charge in [0.05, 0.1) is 27.4 Å². The van der Waals surface area contributed by atoms with Gasteiger partial charge in [-0.25, -0.2) is 4.98 Å². The molecular weight excluding hydrogens is 356 g/mol. The molecule has 26 heavy (non-hydrogen) atoms. The maximum Gasteiger partial charge on any atom is 0.203 e. The highest BCUT2D eigenvalue weighted by atomic mass is 35.5. The normalized spacial score (nSPS) is 17.5. The summed E-state index contributed by atoms with van der Waals surface area (Å²) in [5, 5.41) is 3.47. The maximum atomic E-state index is 5.47. The average molecular weight is 383 g/mol. The van der Waals surface area contributed by atoms with Gasteiger partial charge in [-0.15, -0.1) is 12.4 Å². The van der Waals surface area contributed by atoms with Gasteiger partial charge >= 0.3 is 0 Å².